The number of alkyl halides is 3. The second-order valence-corrected chi connectivity index (χ2v) is 5.81. The number of aliphatic hydroxyl groups is 1. The number of hydrogen-bond acceptors (Lipinski definition) is 5. The zero-order valence-corrected chi connectivity index (χ0v) is 14.1. The van der Waals surface area contributed by atoms with Gasteiger partial charge in [-0.3, -0.25) is 4.79 Å². The van der Waals surface area contributed by atoms with Gasteiger partial charge < -0.3 is 14.8 Å². The van der Waals surface area contributed by atoms with Gasteiger partial charge >= 0.3 is 6.36 Å². The minimum atomic E-state index is -5.01. The SMILES string of the molecule is Cc1nc2c(c(CO)nn2C(C)c2ccc(OC(F)(F)F)c(F)c2)c(=O)[nH]1. The lowest BCUT2D eigenvalue weighted by molar-refractivity contribution is -0.275. The summed E-state index contributed by atoms with van der Waals surface area (Å²) >= 11 is 0. The Balaban J connectivity index is 2.07. The molecule has 2 N–H and O–H groups in total. The third-order valence-electron chi connectivity index (χ3n) is 3.93. The van der Waals surface area contributed by atoms with E-state index >= 15 is 0 Å². The van der Waals surface area contributed by atoms with E-state index in [0.29, 0.717) is 5.82 Å². The van der Waals surface area contributed by atoms with E-state index in [-0.39, 0.29) is 22.3 Å². The van der Waals surface area contributed by atoms with Crippen molar-refractivity contribution in [1.29, 1.82) is 0 Å². The van der Waals surface area contributed by atoms with Crippen LogP contribution in [0, 0.1) is 12.7 Å². The van der Waals surface area contributed by atoms with Crippen molar-refractivity contribution < 1.29 is 27.4 Å². The molecule has 27 heavy (non-hydrogen) atoms. The van der Waals surface area contributed by atoms with Crippen LogP contribution in [-0.2, 0) is 6.61 Å². The molecule has 3 aromatic rings. The largest absolute Gasteiger partial charge is 0.573 e. The van der Waals surface area contributed by atoms with E-state index in [1.54, 1.807) is 13.8 Å². The molecule has 0 spiro atoms. The van der Waals surface area contributed by atoms with E-state index in [0.717, 1.165) is 12.1 Å². The van der Waals surface area contributed by atoms with Crippen molar-refractivity contribution in [1.82, 2.24) is 19.7 Å². The van der Waals surface area contributed by atoms with Crippen molar-refractivity contribution in [3.8, 4) is 5.75 Å². The molecule has 2 aromatic heterocycles. The second-order valence-electron chi connectivity index (χ2n) is 5.81. The van der Waals surface area contributed by atoms with Crippen LogP contribution in [0.5, 0.6) is 5.75 Å². The van der Waals surface area contributed by atoms with E-state index in [2.05, 4.69) is 19.8 Å². The Morgan fingerprint density at radius 3 is 2.67 bits per heavy atom. The number of aromatic amines is 1. The quantitative estimate of drug-likeness (QED) is 0.673. The van der Waals surface area contributed by atoms with Crippen LogP contribution < -0.4 is 10.3 Å². The molecule has 0 aliphatic rings. The molecule has 144 valence electrons. The van der Waals surface area contributed by atoms with Gasteiger partial charge in [-0.05, 0) is 31.5 Å². The highest BCUT2D eigenvalue weighted by Crippen LogP contribution is 2.29. The van der Waals surface area contributed by atoms with Gasteiger partial charge in [0.25, 0.3) is 5.56 Å². The van der Waals surface area contributed by atoms with Crippen LogP contribution in [0.1, 0.15) is 30.0 Å². The van der Waals surface area contributed by atoms with Crippen LogP contribution in [-0.4, -0.2) is 31.2 Å². The Morgan fingerprint density at radius 2 is 2.07 bits per heavy atom. The van der Waals surface area contributed by atoms with E-state index in [1.165, 1.54) is 10.7 Å². The van der Waals surface area contributed by atoms with Gasteiger partial charge in [-0.1, -0.05) is 6.07 Å². The second kappa shape index (κ2) is 6.65. The predicted molar refractivity (Wildman–Crippen MR) is 85.7 cm³/mol. The summed E-state index contributed by atoms with van der Waals surface area (Å²) in [4.78, 5) is 18.9. The van der Waals surface area contributed by atoms with Crippen LogP contribution in [0.4, 0.5) is 17.6 Å². The monoisotopic (exact) mass is 386 g/mol. The minimum Gasteiger partial charge on any atom is -0.403 e. The Hall–Kier alpha value is -2.95. The molecule has 1 unspecified atom stereocenters. The number of aryl methyl sites for hydroxylation is 1. The van der Waals surface area contributed by atoms with Crippen LogP contribution in [0.15, 0.2) is 23.0 Å². The highest BCUT2D eigenvalue weighted by molar-refractivity contribution is 5.77. The Bertz CT molecular complexity index is 1060. The van der Waals surface area contributed by atoms with Gasteiger partial charge in [0.05, 0.1) is 12.6 Å². The lowest BCUT2D eigenvalue weighted by Crippen LogP contribution is -2.18. The fraction of sp³-hybridized carbons (Fsp3) is 0.312. The van der Waals surface area contributed by atoms with Gasteiger partial charge in [0, 0.05) is 0 Å². The Kier molecular flexibility index (Phi) is 4.64. The molecule has 0 bridgehead atoms. The zero-order chi connectivity index (χ0) is 19.9. The smallest absolute Gasteiger partial charge is 0.403 e. The molecule has 0 aliphatic carbocycles. The summed E-state index contributed by atoms with van der Waals surface area (Å²) in [5.41, 5.74) is 0.0441. The summed E-state index contributed by atoms with van der Waals surface area (Å²) in [6, 6.07) is 2.31. The first-order valence-corrected chi connectivity index (χ1v) is 7.74. The number of hydrogen-bond donors (Lipinski definition) is 2. The molecular weight excluding hydrogens is 372 g/mol. The van der Waals surface area contributed by atoms with Crippen LogP contribution in [0.25, 0.3) is 11.0 Å². The standard InChI is InChI=1S/C16H14F4N4O3/c1-7(9-3-4-12(10(17)5-9)27-16(18,19)20)24-14-13(11(6-25)23-24)15(26)22-8(2)21-14/h3-5,7,25H,6H2,1-2H3,(H,21,22,26). The Labute approximate surface area is 149 Å². The van der Waals surface area contributed by atoms with Crippen molar-refractivity contribution in [2.45, 2.75) is 32.9 Å². The topological polar surface area (TPSA) is 93.0 Å². The van der Waals surface area contributed by atoms with Crippen molar-refractivity contribution >= 4 is 11.0 Å². The summed E-state index contributed by atoms with van der Waals surface area (Å²) in [5, 5.41) is 13.7. The summed E-state index contributed by atoms with van der Waals surface area (Å²) in [5.74, 6) is -1.84. The predicted octanol–water partition coefficient (Wildman–Crippen LogP) is 2.57. The summed E-state index contributed by atoms with van der Waals surface area (Å²) in [6.45, 7) is 2.64. The number of fused-ring (bicyclic) bond motifs is 1. The zero-order valence-electron chi connectivity index (χ0n) is 14.1. The molecular formula is C16H14F4N4O3. The van der Waals surface area contributed by atoms with E-state index in [1.807, 2.05) is 0 Å². The number of halogens is 4. The number of nitrogens with zero attached hydrogens (tertiary/aromatic N) is 3. The average molecular weight is 386 g/mol. The molecule has 11 heteroatoms. The van der Waals surface area contributed by atoms with E-state index in [4.69, 9.17) is 0 Å². The lowest BCUT2D eigenvalue weighted by Gasteiger charge is -2.15. The van der Waals surface area contributed by atoms with Gasteiger partial charge in [-0.15, -0.1) is 13.2 Å². The molecule has 0 fully saturated rings. The summed E-state index contributed by atoms with van der Waals surface area (Å²) < 4.78 is 55.7. The number of benzene rings is 1. The number of aromatic nitrogens is 4. The third kappa shape index (κ3) is 3.63. The Morgan fingerprint density at radius 1 is 1.37 bits per heavy atom. The van der Waals surface area contributed by atoms with Crippen molar-refractivity contribution in [2.75, 3.05) is 0 Å². The normalized spacial score (nSPS) is 13.1. The molecule has 1 atom stereocenters. The fourth-order valence-corrected chi connectivity index (χ4v) is 2.73. The van der Waals surface area contributed by atoms with Crippen molar-refractivity contribution in [3.05, 3.63) is 51.5 Å². The molecule has 0 saturated carbocycles. The molecule has 2 heterocycles. The number of aliphatic hydroxyl groups excluding tert-OH is 1. The average Bonchev–Trinajstić information content (AvgIpc) is 2.93. The molecule has 0 saturated heterocycles. The molecule has 3 rings (SSSR count). The van der Waals surface area contributed by atoms with Gasteiger partial charge in [-0.2, -0.15) is 5.10 Å². The third-order valence-corrected chi connectivity index (χ3v) is 3.93. The molecule has 1 aromatic carbocycles. The van der Waals surface area contributed by atoms with Gasteiger partial charge in [0.15, 0.2) is 17.2 Å². The number of ether oxygens (including phenoxy) is 1. The van der Waals surface area contributed by atoms with Gasteiger partial charge in [0.2, 0.25) is 0 Å². The van der Waals surface area contributed by atoms with Crippen LogP contribution in [0.3, 0.4) is 0 Å². The highest BCUT2D eigenvalue weighted by Gasteiger charge is 2.32. The highest BCUT2D eigenvalue weighted by atomic mass is 19.4. The van der Waals surface area contributed by atoms with E-state index in [9.17, 15) is 27.5 Å². The molecule has 0 aliphatic heterocycles. The van der Waals surface area contributed by atoms with Crippen LogP contribution in [0.2, 0.25) is 0 Å². The number of rotatable bonds is 4. The first kappa shape index (κ1) is 18.8. The maximum absolute atomic E-state index is 14.0. The maximum Gasteiger partial charge on any atom is 0.573 e. The first-order valence-electron chi connectivity index (χ1n) is 7.74. The van der Waals surface area contributed by atoms with Gasteiger partial charge in [-0.25, -0.2) is 14.1 Å². The van der Waals surface area contributed by atoms with Crippen molar-refractivity contribution in [2.24, 2.45) is 0 Å². The molecule has 7 nitrogen and oxygen atoms in total. The van der Waals surface area contributed by atoms with Crippen molar-refractivity contribution in [3.63, 3.8) is 0 Å². The number of nitrogens with one attached hydrogen (secondary N) is 1. The first-order chi connectivity index (χ1) is 12.6. The minimum absolute atomic E-state index is 0.0862. The lowest BCUT2D eigenvalue weighted by atomic mass is 10.1. The summed E-state index contributed by atoms with van der Waals surface area (Å²) in [6.07, 6.45) is -5.01. The summed E-state index contributed by atoms with van der Waals surface area (Å²) in [7, 11) is 0. The number of H-pyrrole nitrogens is 1. The maximum atomic E-state index is 14.0. The molecule has 0 amide bonds. The fourth-order valence-electron chi connectivity index (χ4n) is 2.73. The van der Waals surface area contributed by atoms with Gasteiger partial charge in [0.1, 0.15) is 16.9 Å². The van der Waals surface area contributed by atoms with Crippen LogP contribution >= 0.6 is 0 Å². The van der Waals surface area contributed by atoms with E-state index < -0.39 is 36.1 Å². The molecule has 0 radical (unpaired) electrons.